The molecule has 2 aliphatic rings. The van der Waals surface area contributed by atoms with Gasteiger partial charge in [-0.1, -0.05) is 0 Å². The Kier molecular flexibility index (Phi) is 6.99. The van der Waals surface area contributed by atoms with Gasteiger partial charge in [0.2, 0.25) is 0 Å². The van der Waals surface area contributed by atoms with Gasteiger partial charge in [0.1, 0.15) is 28.6 Å². The van der Waals surface area contributed by atoms with Crippen LogP contribution in [0, 0.1) is 12.7 Å². The van der Waals surface area contributed by atoms with Crippen LogP contribution in [0.5, 0.6) is 5.75 Å². The predicted octanol–water partition coefficient (Wildman–Crippen LogP) is 3.35. The molecule has 206 valence electrons. The third kappa shape index (κ3) is 4.62. The number of carbonyl (C=O) groups is 2. The van der Waals surface area contributed by atoms with E-state index in [1.807, 2.05) is 0 Å². The number of amides is 2. The zero-order valence-corrected chi connectivity index (χ0v) is 21.9. The Bertz CT molecular complexity index is 1390. The normalized spacial score (nSPS) is 24.2. The van der Waals surface area contributed by atoms with E-state index >= 15 is 4.39 Å². The van der Waals surface area contributed by atoms with Crippen molar-refractivity contribution in [3.63, 3.8) is 0 Å². The van der Waals surface area contributed by atoms with Crippen LogP contribution in [-0.2, 0) is 15.7 Å². The topological polar surface area (TPSA) is 142 Å². The van der Waals surface area contributed by atoms with Gasteiger partial charge in [-0.25, -0.2) is 14.2 Å². The molecule has 0 bridgehead atoms. The second-order valence-corrected chi connectivity index (χ2v) is 13.2. The fourth-order valence-electron chi connectivity index (χ4n) is 5.14. The molecule has 14 heteroatoms. The van der Waals surface area contributed by atoms with Crippen LogP contribution >= 0.6 is 0 Å². The van der Waals surface area contributed by atoms with Crippen LogP contribution in [0.25, 0.3) is 0 Å². The van der Waals surface area contributed by atoms with Crippen LogP contribution in [-0.4, -0.2) is 55.3 Å². The van der Waals surface area contributed by atoms with Gasteiger partial charge in [-0.2, -0.15) is 8.78 Å². The van der Waals surface area contributed by atoms with Crippen LogP contribution < -0.4 is 20.1 Å². The molecule has 10 nitrogen and oxygen atoms in total. The molecule has 1 aromatic heterocycles. The van der Waals surface area contributed by atoms with E-state index in [2.05, 4.69) is 30.1 Å². The van der Waals surface area contributed by atoms with E-state index in [-0.39, 0.29) is 34.1 Å². The van der Waals surface area contributed by atoms with Crippen molar-refractivity contribution in [3.05, 3.63) is 53.1 Å². The highest BCUT2D eigenvalue weighted by molar-refractivity contribution is 8.04. The number of alkyl halides is 2. The number of amidine groups is 1. The first-order valence-corrected chi connectivity index (χ1v) is 13.4. The summed E-state index contributed by atoms with van der Waals surface area (Å²) in [5.41, 5.74) is -1.01. The molecule has 1 aromatic carbocycles. The number of pyridine rings is 1. The van der Waals surface area contributed by atoms with E-state index < -0.39 is 50.1 Å². The van der Waals surface area contributed by atoms with Crippen molar-refractivity contribution in [2.45, 2.75) is 56.3 Å². The monoisotopic (exact) mass is 555 g/mol. The van der Waals surface area contributed by atoms with Crippen molar-refractivity contribution in [1.29, 1.82) is 0 Å². The molecule has 0 aliphatic carbocycles. The van der Waals surface area contributed by atoms with Gasteiger partial charge in [0.15, 0.2) is 0 Å². The first-order chi connectivity index (χ1) is 17.7. The lowest BCUT2D eigenvalue weighted by atomic mass is 9.85. The smallest absolute Gasteiger partial charge is 0.410 e. The maximum Gasteiger partial charge on any atom is 0.410 e. The van der Waals surface area contributed by atoms with Crippen molar-refractivity contribution >= 4 is 33.6 Å². The number of aryl methyl sites for hydroxylation is 1. The lowest BCUT2D eigenvalue weighted by molar-refractivity contribution is -0.0501. The van der Waals surface area contributed by atoms with Crippen LogP contribution in [0.4, 0.5) is 23.7 Å². The molecule has 1 fully saturated rings. The van der Waals surface area contributed by atoms with Gasteiger partial charge < -0.3 is 15.2 Å². The summed E-state index contributed by atoms with van der Waals surface area (Å²) in [6.45, 7) is 3.69. The molecule has 2 amide bonds. The van der Waals surface area contributed by atoms with Crippen molar-refractivity contribution in [2.24, 2.45) is 4.99 Å². The number of anilines is 1. The molecule has 4 rings (SSSR count). The van der Waals surface area contributed by atoms with Crippen molar-refractivity contribution < 1.29 is 36.8 Å². The lowest BCUT2D eigenvalue weighted by Crippen LogP contribution is -2.65. The Morgan fingerprint density at radius 2 is 1.95 bits per heavy atom. The number of aromatic nitrogens is 1. The van der Waals surface area contributed by atoms with E-state index in [1.54, 1.807) is 20.8 Å². The van der Waals surface area contributed by atoms with Gasteiger partial charge in [0.05, 0.1) is 16.2 Å². The Labute approximate surface area is 217 Å². The van der Waals surface area contributed by atoms with Gasteiger partial charge in [-0.3, -0.25) is 24.0 Å². The quantitative estimate of drug-likeness (QED) is 0.358. The van der Waals surface area contributed by atoms with Gasteiger partial charge in [0, 0.05) is 17.8 Å². The number of hydrogen-bond acceptors (Lipinski definition) is 6. The minimum Gasteiger partial charge on any atom is -0.465 e. The summed E-state index contributed by atoms with van der Waals surface area (Å²) in [4.78, 5) is 32.9. The number of thiol groups is 1. The largest absolute Gasteiger partial charge is 0.465 e. The summed E-state index contributed by atoms with van der Waals surface area (Å²) >= 11 is 0. The second-order valence-electron chi connectivity index (χ2n) is 9.83. The molecular formula is C24H28F3N5O5S. The van der Waals surface area contributed by atoms with E-state index in [0.29, 0.717) is 13.0 Å². The van der Waals surface area contributed by atoms with Gasteiger partial charge in [0.25, 0.3) is 5.91 Å². The maximum absolute atomic E-state index is 15.3. The molecule has 4 N–H and O–H groups in total. The number of ether oxygens (including phenoxy) is 1. The van der Waals surface area contributed by atoms with Crippen LogP contribution in [0.15, 0.2) is 35.5 Å². The number of carbonyl (C=O) groups excluding carboxylic acids is 1. The number of carboxylic acid groups (broad SMARTS) is 1. The average Bonchev–Trinajstić information content (AvgIpc) is 3.23. The van der Waals surface area contributed by atoms with Crippen LogP contribution in [0.3, 0.4) is 0 Å². The number of fused-ring (bicyclic) bond motifs is 1. The van der Waals surface area contributed by atoms with Crippen LogP contribution in [0.2, 0.25) is 0 Å². The first kappa shape index (κ1) is 27.5. The molecular weight excluding hydrogens is 527 g/mol. The Morgan fingerprint density at radius 1 is 1.24 bits per heavy atom. The minimum absolute atomic E-state index is 0.0229. The number of benzene rings is 1. The third-order valence-corrected chi connectivity index (χ3v) is 11.3. The summed E-state index contributed by atoms with van der Waals surface area (Å²) in [6.07, 6.45) is 0.0104. The predicted molar refractivity (Wildman–Crippen MR) is 136 cm³/mol. The number of rotatable bonds is 5. The van der Waals surface area contributed by atoms with Gasteiger partial charge in [-0.15, -0.1) is 0 Å². The molecule has 0 saturated carbocycles. The standard InChI is InChI=1S/C24H28F3N5O5S/c1-12-9-14(37-21(26)27)11-28-18(12)19(33)30-13-5-6-16(25)15(10-13)24(4)17-7-8-29-38(17,36)23(2,3)20(32-24)31-22(34)35/h5-6,9-11,17,21,38H,7-8H2,1-4H3,(H,29,36)(H,30,33)(H,31,32)(H,34,35)/t17-,24+/m0/s1. The van der Waals surface area contributed by atoms with Crippen molar-refractivity contribution in [2.75, 3.05) is 11.9 Å². The zero-order valence-electron chi connectivity index (χ0n) is 21.0. The Hall–Kier alpha value is -3.52. The summed E-state index contributed by atoms with van der Waals surface area (Å²) in [6, 6.07) is 5.05. The van der Waals surface area contributed by atoms with Crippen LogP contribution in [0.1, 0.15) is 48.8 Å². The molecule has 0 unspecified atom stereocenters. The summed E-state index contributed by atoms with van der Waals surface area (Å²) in [5, 5.41) is 13.6. The number of halogens is 3. The molecule has 0 spiro atoms. The van der Waals surface area contributed by atoms with E-state index in [1.165, 1.54) is 25.1 Å². The molecule has 2 aliphatic heterocycles. The number of hydrogen-bond donors (Lipinski definition) is 5. The highest BCUT2D eigenvalue weighted by atomic mass is 32.3. The maximum atomic E-state index is 15.3. The highest BCUT2D eigenvalue weighted by Gasteiger charge is 2.59. The average molecular weight is 556 g/mol. The Balaban J connectivity index is 1.73. The SMILES string of the molecule is Cc1cc(OC(F)F)cnc1C(=O)Nc1ccc(F)c([C@@]2(C)N=C(NC(=O)O)C(C)(C)[SH]3(=O)NCC[C@@H]23)c1. The summed E-state index contributed by atoms with van der Waals surface area (Å²) < 4.78 is 60.7. The highest BCUT2D eigenvalue weighted by Crippen LogP contribution is 2.49. The van der Waals surface area contributed by atoms with Gasteiger partial charge in [-0.05, 0) is 74.1 Å². The van der Waals surface area contributed by atoms with E-state index in [4.69, 9.17) is 0 Å². The molecule has 1 saturated heterocycles. The minimum atomic E-state index is -3.34. The van der Waals surface area contributed by atoms with E-state index in [9.17, 15) is 27.7 Å². The van der Waals surface area contributed by atoms with Gasteiger partial charge >= 0.3 is 12.7 Å². The van der Waals surface area contributed by atoms with E-state index in [0.717, 1.165) is 12.3 Å². The molecule has 0 radical (unpaired) electrons. The fourth-order valence-corrected chi connectivity index (χ4v) is 8.81. The second kappa shape index (κ2) is 9.66. The first-order valence-electron chi connectivity index (χ1n) is 11.7. The summed E-state index contributed by atoms with van der Waals surface area (Å²) in [7, 11) is -3.34. The molecule has 2 atom stereocenters. The number of aliphatic imine (C=N–C) groups is 1. The summed E-state index contributed by atoms with van der Waals surface area (Å²) in [5.74, 6) is -1.61. The fraction of sp³-hybridized carbons (Fsp3) is 0.417. The molecule has 3 heterocycles. The lowest BCUT2D eigenvalue weighted by Gasteiger charge is -2.51. The third-order valence-electron chi connectivity index (χ3n) is 7.09. The molecule has 38 heavy (non-hydrogen) atoms. The number of nitrogens with one attached hydrogen (secondary N) is 3. The van der Waals surface area contributed by atoms with Crippen molar-refractivity contribution in [3.8, 4) is 5.75 Å². The molecule has 2 aromatic rings. The Morgan fingerprint density at radius 3 is 2.58 bits per heavy atom. The zero-order chi connectivity index (χ0) is 28.0. The number of nitrogens with zero attached hydrogens (tertiary/aromatic N) is 2. The van der Waals surface area contributed by atoms with Crippen molar-refractivity contribution in [1.82, 2.24) is 15.0 Å².